The summed E-state index contributed by atoms with van der Waals surface area (Å²) < 4.78 is 7.52. The van der Waals surface area contributed by atoms with Gasteiger partial charge in [0, 0.05) is 34.1 Å². The average Bonchev–Trinajstić information content (AvgIpc) is 3.19. The van der Waals surface area contributed by atoms with Crippen LogP contribution < -0.4 is 0 Å². The van der Waals surface area contributed by atoms with Crippen LogP contribution in [0.2, 0.25) is 0 Å². The maximum absolute atomic E-state index is 15.3. The van der Waals surface area contributed by atoms with Gasteiger partial charge in [0.1, 0.15) is 11.4 Å². The summed E-state index contributed by atoms with van der Waals surface area (Å²) in [5, 5.41) is 0. The zero-order valence-electron chi connectivity index (χ0n) is 28.2. The minimum atomic E-state index is -1.17. The van der Waals surface area contributed by atoms with Crippen molar-refractivity contribution in [2.24, 2.45) is 0 Å². The van der Waals surface area contributed by atoms with Crippen LogP contribution in [-0.4, -0.2) is 11.6 Å². The first-order valence-corrected chi connectivity index (χ1v) is 17.6. The Bertz CT molecular complexity index is 2360. The summed E-state index contributed by atoms with van der Waals surface area (Å²) in [6, 6.07) is 54.1. The molecule has 0 amide bonds. The molecule has 3 heteroatoms. The molecule has 6 aromatic rings. The molecule has 0 aromatic heterocycles. The van der Waals surface area contributed by atoms with E-state index in [1.807, 2.05) is 115 Å². The number of carbonyl (C=O) groups is 2. The zero-order chi connectivity index (χ0) is 34.6. The molecule has 0 saturated heterocycles. The highest BCUT2D eigenvalue weighted by Crippen LogP contribution is 2.66. The van der Waals surface area contributed by atoms with E-state index >= 15 is 9.59 Å². The van der Waals surface area contributed by atoms with Gasteiger partial charge in [-0.1, -0.05) is 170 Å². The lowest BCUT2D eigenvalue weighted by atomic mass is 9.47. The van der Waals surface area contributed by atoms with Gasteiger partial charge in [0.05, 0.1) is 11.8 Å². The number of ether oxygens (including phenoxy) is 1. The number of hydrogen-bond acceptors (Lipinski definition) is 3. The minimum absolute atomic E-state index is 0.0111. The summed E-state index contributed by atoms with van der Waals surface area (Å²) in [4.78, 5) is 30.5. The third-order valence-corrected chi connectivity index (χ3v) is 11.3. The fraction of sp³-hybridized carbons (Fsp3) is 0.125. The van der Waals surface area contributed by atoms with E-state index in [0.717, 1.165) is 44.5 Å². The Morgan fingerprint density at radius 2 is 1.10 bits per heavy atom. The van der Waals surface area contributed by atoms with E-state index in [4.69, 9.17) is 4.74 Å². The summed E-state index contributed by atoms with van der Waals surface area (Å²) in [6.07, 6.45) is 3.01. The molecule has 246 valence electrons. The maximum atomic E-state index is 15.3. The van der Waals surface area contributed by atoms with Crippen LogP contribution in [0.1, 0.15) is 84.3 Å². The third-order valence-electron chi connectivity index (χ3n) is 11.3. The van der Waals surface area contributed by atoms with Crippen LogP contribution in [-0.2, 0) is 15.8 Å². The molecule has 3 nitrogen and oxygen atoms in total. The second kappa shape index (κ2) is 12.1. The van der Waals surface area contributed by atoms with E-state index in [1.54, 1.807) is 0 Å². The SMILES string of the molecule is C=C1CC2(CC3(OC(c4ccccc4)=Cc4ccccc43)C(C(=O)c3ccccc3)c3ccccc32)C(C(=O)c2ccccc2)c2ccccc21. The fourth-order valence-corrected chi connectivity index (χ4v) is 9.28. The van der Waals surface area contributed by atoms with Gasteiger partial charge in [-0.25, -0.2) is 0 Å². The lowest BCUT2D eigenvalue weighted by Crippen LogP contribution is -2.55. The van der Waals surface area contributed by atoms with E-state index in [2.05, 4.69) is 61.2 Å². The highest BCUT2D eigenvalue weighted by atomic mass is 16.5. The van der Waals surface area contributed by atoms with Crippen molar-refractivity contribution in [2.75, 3.05) is 0 Å². The number of rotatable bonds is 5. The van der Waals surface area contributed by atoms with Gasteiger partial charge in [0.25, 0.3) is 0 Å². The fourth-order valence-electron chi connectivity index (χ4n) is 9.28. The summed E-state index contributed by atoms with van der Waals surface area (Å²) in [6.45, 7) is 4.66. The second-order valence-corrected chi connectivity index (χ2v) is 14.1. The van der Waals surface area contributed by atoms with Crippen molar-refractivity contribution in [3.05, 3.63) is 220 Å². The van der Waals surface area contributed by atoms with Gasteiger partial charge in [-0.2, -0.15) is 0 Å². The first-order chi connectivity index (χ1) is 25.0. The van der Waals surface area contributed by atoms with Crippen LogP contribution in [0, 0.1) is 0 Å². The van der Waals surface area contributed by atoms with Gasteiger partial charge < -0.3 is 4.74 Å². The maximum Gasteiger partial charge on any atom is 0.174 e. The molecule has 9 rings (SSSR count). The Balaban J connectivity index is 1.38. The Labute approximate surface area is 298 Å². The van der Waals surface area contributed by atoms with Crippen molar-refractivity contribution in [1.82, 2.24) is 0 Å². The molecule has 0 N–H and O–H groups in total. The van der Waals surface area contributed by atoms with Crippen LogP contribution in [0.4, 0.5) is 0 Å². The van der Waals surface area contributed by atoms with Crippen LogP contribution in [0.3, 0.4) is 0 Å². The Morgan fingerprint density at radius 1 is 0.569 bits per heavy atom. The predicted octanol–water partition coefficient (Wildman–Crippen LogP) is 10.8. The quantitative estimate of drug-likeness (QED) is 0.173. The van der Waals surface area contributed by atoms with Crippen molar-refractivity contribution < 1.29 is 14.3 Å². The molecule has 6 aromatic carbocycles. The number of carbonyl (C=O) groups excluding carboxylic acids is 2. The van der Waals surface area contributed by atoms with Crippen LogP contribution in [0.15, 0.2) is 170 Å². The molecule has 2 spiro atoms. The van der Waals surface area contributed by atoms with Crippen molar-refractivity contribution in [1.29, 1.82) is 0 Å². The van der Waals surface area contributed by atoms with Crippen LogP contribution in [0.25, 0.3) is 17.4 Å². The number of allylic oxidation sites excluding steroid dienone is 1. The highest BCUT2D eigenvalue weighted by Gasteiger charge is 2.63. The molecule has 0 fully saturated rings. The first-order valence-electron chi connectivity index (χ1n) is 17.6. The zero-order valence-corrected chi connectivity index (χ0v) is 28.2. The molecule has 1 aliphatic heterocycles. The van der Waals surface area contributed by atoms with E-state index < -0.39 is 22.9 Å². The van der Waals surface area contributed by atoms with E-state index in [0.29, 0.717) is 29.7 Å². The topological polar surface area (TPSA) is 43.4 Å². The summed E-state index contributed by atoms with van der Waals surface area (Å²) in [7, 11) is 0. The number of Topliss-reactive ketones (excluding diaryl/α,β-unsaturated/α-hetero) is 2. The summed E-state index contributed by atoms with van der Waals surface area (Å²) in [5.74, 6) is -0.516. The number of fused-ring (bicyclic) bond motifs is 5. The third kappa shape index (κ3) is 4.80. The smallest absolute Gasteiger partial charge is 0.174 e. The van der Waals surface area contributed by atoms with Gasteiger partial charge in [0.2, 0.25) is 0 Å². The molecule has 1 heterocycles. The van der Waals surface area contributed by atoms with E-state index in [-0.39, 0.29) is 11.6 Å². The molecule has 0 saturated carbocycles. The molecule has 4 unspecified atom stereocenters. The minimum Gasteiger partial charge on any atom is -0.481 e. The van der Waals surface area contributed by atoms with E-state index in [9.17, 15) is 0 Å². The molecule has 3 aliphatic rings. The molecule has 0 bridgehead atoms. The van der Waals surface area contributed by atoms with Gasteiger partial charge in [0.15, 0.2) is 11.6 Å². The van der Waals surface area contributed by atoms with Crippen molar-refractivity contribution >= 4 is 29.0 Å². The number of benzene rings is 6. The lowest BCUT2D eigenvalue weighted by molar-refractivity contribution is -0.0307. The largest absolute Gasteiger partial charge is 0.481 e. The lowest BCUT2D eigenvalue weighted by Gasteiger charge is -2.57. The molecule has 51 heavy (non-hydrogen) atoms. The van der Waals surface area contributed by atoms with Crippen LogP contribution in [0.5, 0.6) is 0 Å². The first kappa shape index (κ1) is 31.0. The molecule has 2 aliphatic carbocycles. The van der Waals surface area contributed by atoms with Crippen molar-refractivity contribution in [3.63, 3.8) is 0 Å². The van der Waals surface area contributed by atoms with E-state index in [1.165, 1.54) is 0 Å². The van der Waals surface area contributed by atoms with Gasteiger partial charge in [-0.3, -0.25) is 9.59 Å². The molecular weight excluding hydrogens is 625 g/mol. The summed E-state index contributed by atoms with van der Waals surface area (Å²) >= 11 is 0. The number of hydrogen-bond donors (Lipinski definition) is 0. The Morgan fingerprint density at radius 3 is 1.78 bits per heavy atom. The van der Waals surface area contributed by atoms with Gasteiger partial charge in [-0.05, 0) is 45.9 Å². The van der Waals surface area contributed by atoms with Gasteiger partial charge >= 0.3 is 0 Å². The van der Waals surface area contributed by atoms with Crippen LogP contribution >= 0.6 is 0 Å². The molecular formula is C48H36O3. The molecule has 0 radical (unpaired) electrons. The number of ketones is 2. The van der Waals surface area contributed by atoms with Gasteiger partial charge in [-0.15, -0.1) is 0 Å². The monoisotopic (exact) mass is 660 g/mol. The standard InChI is InChI=1S/C48H36O3/c1-32-30-47(43(38-25-13-12-24-37(32)38)45(49)34-19-7-3-8-20-34)31-48(40-27-15-11-23-36(40)29-42(51-48)33-17-5-2-6-18-33)44(39-26-14-16-28-41(39)47)46(50)35-21-9-4-10-22-35/h2-29,43-44H,1,30-31H2. The Kier molecular flexibility index (Phi) is 7.32. The normalized spacial score (nSPS) is 23.0. The van der Waals surface area contributed by atoms with Crippen molar-refractivity contribution in [2.45, 2.75) is 35.7 Å². The summed E-state index contributed by atoms with van der Waals surface area (Å²) in [5.41, 5.74) is 7.05. The highest BCUT2D eigenvalue weighted by molar-refractivity contribution is 6.06. The second-order valence-electron chi connectivity index (χ2n) is 14.1. The Hall–Kier alpha value is -6.06. The van der Waals surface area contributed by atoms with Crippen molar-refractivity contribution in [3.8, 4) is 0 Å². The average molecular weight is 661 g/mol. The molecule has 4 atom stereocenters. The predicted molar refractivity (Wildman–Crippen MR) is 203 cm³/mol.